The number of rotatable bonds is 1. The Hall–Kier alpha value is -0.480. The molecule has 0 N–H and O–H groups in total. The molecule has 0 aliphatic heterocycles. The van der Waals surface area contributed by atoms with Crippen LogP contribution < -0.4 is 0 Å². The van der Waals surface area contributed by atoms with Crippen molar-refractivity contribution in [2.45, 2.75) is 19.8 Å². The van der Waals surface area contributed by atoms with Crippen LogP contribution in [-0.2, 0) is 0 Å². The first kappa shape index (κ1) is 5.32. The molecule has 0 aromatic heterocycles. The lowest BCUT2D eigenvalue weighted by molar-refractivity contribution is 0.246. The molecular weight excluding hydrogens is 108 g/mol. The van der Waals surface area contributed by atoms with E-state index < -0.39 is 0 Å². The van der Waals surface area contributed by atoms with Crippen LogP contribution in [0, 0.1) is 17.3 Å². The standard InChI is InChI=1S/C9H12/c1-3-4-7-5-9(2)6-8(7)9/h4,7-8H,1,5-6H2,2H3. The van der Waals surface area contributed by atoms with Gasteiger partial charge in [-0.3, -0.25) is 0 Å². The average molecular weight is 120 g/mol. The second-order valence-corrected chi connectivity index (χ2v) is 3.70. The highest BCUT2D eigenvalue weighted by molar-refractivity contribution is 5.17. The number of hydrogen-bond donors (Lipinski definition) is 0. The van der Waals surface area contributed by atoms with Gasteiger partial charge in [-0.05, 0) is 36.2 Å². The summed E-state index contributed by atoms with van der Waals surface area (Å²) in [5, 5.41) is 0. The van der Waals surface area contributed by atoms with E-state index in [9.17, 15) is 0 Å². The topological polar surface area (TPSA) is 0 Å². The van der Waals surface area contributed by atoms with Gasteiger partial charge < -0.3 is 0 Å². The Morgan fingerprint density at radius 2 is 2.44 bits per heavy atom. The van der Waals surface area contributed by atoms with Gasteiger partial charge >= 0.3 is 0 Å². The van der Waals surface area contributed by atoms with Crippen LogP contribution in [0.3, 0.4) is 0 Å². The van der Waals surface area contributed by atoms with Gasteiger partial charge in [0.2, 0.25) is 0 Å². The predicted molar refractivity (Wildman–Crippen MR) is 38.0 cm³/mol. The molecule has 3 unspecified atom stereocenters. The van der Waals surface area contributed by atoms with Crippen LogP contribution in [0.2, 0.25) is 0 Å². The summed E-state index contributed by atoms with van der Waals surface area (Å²) in [5.41, 5.74) is 3.63. The van der Waals surface area contributed by atoms with Gasteiger partial charge in [-0.15, -0.1) is 5.73 Å². The van der Waals surface area contributed by atoms with Crippen molar-refractivity contribution in [2.75, 3.05) is 0 Å². The van der Waals surface area contributed by atoms with Crippen molar-refractivity contribution >= 4 is 0 Å². The van der Waals surface area contributed by atoms with Gasteiger partial charge in [0.05, 0.1) is 0 Å². The minimum atomic E-state index is 0.762. The molecule has 2 rings (SSSR count). The second-order valence-electron chi connectivity index (χ2n) is 3.70. The lowest BCUT2D eigenvalue weighted by atomic mass is 9.76. The predicted octanol–water partition coefficient (Wildman–Crippen LogP) is 2.37. The van der Waals surface area contributed by atoms with Gasteiger partial charge in [0, 0.05) is 0 Å². The third kappa shape index (κ3) is 0.544. The van der Waals surface area contributed by atoms with Crippen molar-refractivity contribution in [2.24, 2.45) is 17.3 Å². The summed E-state index contributed by atoms with van der Waals surface area (Å²) in [6.45, 7) is 5.96. The normalized spacial score (nSPS) is 52.6. The Bertz CT molecular complexity index is 186. The molecule has 0 amide bonds. The van der Waals surface area contributed by atoms with E-state index in [1.165, 1.54) is 12.8 Å². The molecule has 2 aliphatic carbocycles. The highest BCUT2D eigenvalue weighted by Gasteiger charge is 2.62. The fourth-order valence-corrected chi connectivity index (χ4v) is 2.19. The van der Waals surface area contributed by atoms with E-state index in [-0.39, 0.29) is 0 Å². The van der Waals surface area contributed by atoms with Crippen molar-refractivity contribution in [3.05, 3.63) is 18.4 Å². The zero-order chi connectivity index (χ0) is 6.48. The van der Waals surface area contributed by atoms with Crippen LogP contribution in [0.5, 0.6) is 0 Å². The zero-order valence-corrected chi connectivity index (χ0v) is 5.85. The molecule has 2 aliphatic rings. The van der Waals surface area contributed by atoms with Crippen molar-refractivity contribution in [3.8, 4) is 0 Å². The fraction of sp³-hybridized carbons (Fsp3) is 0.667. The molecule has 0 saturated heterocycles. The van der Waals surface area contributed by atoms with E-state index in [1.807, 2.05) is 0 Å². The summed E-state index contributed by atoms with van der Waals surface area (Å²) < 4.78 is 0. The minimum absolute atomic E-state index is 0.762. The van der Waals surface area contributed by atoms with Crippen molar-refractivity contribution in [1.82, 2.24) is 0 Å². The molecule has 0 nitrogen and oxygen atoms in total. The number of allylic oxidation sites excluding steroid dienone is 1. The first-order valence-corrected chi connectivity index (χ1v) is 3.62. The highest BCUT2D eigenvalue weighted by Crippen LogP contribution is 2.70. The summed E-state index contributed by atoms with van der Waals surface area (Å²) >= 11 is 0. The number of fused-ring (bicyclic) bond motifs is 1. The lowest BCUT2D eigenvalue weighted by Crippen LogP contribution is -2.21. The molecule has 0 bridgehead atoms. The first-order chi connectivity index (χ1) is 4.26. The van der Waals surface area contributed by atoms with Crippen LogP contribution in [-0.4, -0.2) is 0 Å². The van der Waals surface area contributed by atoms with Gasteiger partial charge in [0.1, 0.15) is 0 Å². The summed E-state index contributed by atoms with van der Waals surface area (Å²) in [5.74, 6) is 1.85. The Balaban J connectivity index is 2.03. The van der Waals surface area contributed by atoms with Crippen LogP contribution >= 0.6 is 0 Å². The van der Waals surface area contributed by atoms with Gasteiger partial charge in [-0.25, -0.2) is 0 Å². The Morgan fingerprint density at radius 3 is 2.78 bits per heavy atom. The van der Waals surface area contributed by atoms with E-state index in [0.29, 0.717) is 0 Å². The maximum atomic E-state index is 3.58. The lowest BCUT2D eigenvalue weighted by Gasteiger charge is -2.28. The fourth-order valence-electron chi connectivity index (χ4n) is 2.19. The third-order valence-corrected chi connectivity index (χ3v) is 2.97. The van der Waals surface area contributed by atoms with E-state index >= 15 is 0 Å². The molecule has 0 radical (unpaired) electrons. The molecule has 0 heteroatoms. The van der Waals surface area contributed by atoms with Crippen molar-refractivity contribution in [1.29, 1.82) is 0 Å². The molecular formula is C9H12. The minimum Gasteiger partial charge on any atom is -0.133 e. The largest absolute Gasteiger partial charge is 0.133 e. The van der Waals surface area contributed by atoms with Crippen LogP contribution in [0.15, 0.2) is 18.4 Å². The smallest absolute Gasteiger partial charge is 0.0119 e. The Labute approximate surface area is 56.3 Å². The van der Waals surface area contributed by atoms with Crippen LogP contribution in [0.1, 0.15) is 19.8 Å². The molecule has 0 heterocycles. The molecule has 2 fully saturated rings. The summed E-state index contributed by atoms with van der Waals surface area (Å²) in [4.78, 5) is 0. The van der Waals surface area contributed by atoms with Gasteiger partial charge in [-0.2, -0.15) is 0 Å². The molecule has 3 atom stereocenters. The van der Waals surface area contributed by atoms with E-state index in [4.69, 9.17) is 0 Å². The average Bonchev–Trinajstić information content (AvgIpc) is 2.33. The molecule has 0 aromatic carbocycles. The van der Waals surface area contributed by atoms with E-state index in [0.717, 1.165) is 17.3 Å². The zero-order valence-electron chi connectivity index (χ0n) is 5.85. The van der Waals surface area contributed by atoms with Crippen molar-refractivity contribution in [3.63, 3.8) is 0 Å². The van der Waals surface area contributed by atoms with E-state index in [1.54, 1.807) is 0 Å². The monoisotopic (exact) mass is 120 g/mol. The van der Waals surface area contributed by atoms with E-state index in [2.05, 4.69) is 25.3 Å². The van der Waals surface area contributed by atoms with Gasteiger partial charge in [-0.1, -0.05) is 13.5 Å². The molecule has 0 aromatic rings. The maximum absolute atomic E-state index is 3.58. The number of hydrogen-bond acceptors (Lipinski definition) is 0. The Morgan fingerprint density at radius 1 is 1.67 bits per heavy atom. The second kappa shape index (κ2) is 1.33. The summed E-state index contributed by atoms with van der Waals surface area (Å²) in [6, 6.07) is 0. The molecule has 48 valence electrons. The van der Waals surface area contributed by atoms with Gasteiger partial charge in [0.15, 0.2) is 0 Å². The molecule has 9 heavy (non-hydrogen) atoms. The summed E-state index contributed by atoms with van der Waals surface area (Å²) in [6.07, 6.45) is 4.98. The molecule has 2 saturated carbocycles. The van der Waals surface area contributed by atoms with Gasteiger partial charge in [0.25, 0.3) is 0 Å². The maximum Gasteiger partial charge on any atom is -0.0119 e. The summed E-state index contributed by atoms with van der Waals surface area (Å²) in [7, 11) is 0. The first-order valence-electron chi connectivity index (χ1n) is 3.62. The Kier molecular flexibility index (Phi) is 0.784. The third-order valence-electron chi connectivity index (χ3n) is 2.97. The highest BCUT2D eigenvalue weighted by atomic mass is 14.7. The SMILES string of the molecule is C=C=CC1CC2(C)CC12. The van der Waals surface area contributed by atoms with Crippen molar-refractivity contribution < 1.29 is 0 Å². The molecule has 0 spiro atoms. The van der Waals surface area contributed by atoms with Crippen LogP contribution in [0.25, 0.3) is 0 Å². The quantitative estimate of drug-likeness (QED) is 0.466. The van der Waals surface area contributed by atoms with Crippen LogP contribution in [0.4, 0.5) is 0 Å².